The smallest absolute Gasteiger partial charge is 0.224 e. The molecule has 0 aliphatic carbocycles. The lowest BCUT2D eigenvalue weighted by Crippen LogP contribution is -2.13. The molecule has 0 fully saturated rings. The van der Waals surface area contributed by atoms with E-state index in [1.54, 1.807) is 25.3 Å². The molecule has 0 aromatic heterocycles. The van der Waals surface area contributed by atoms with Crippen molar-refractivity contribution >= 4 is 29.7 Å². The second-order valence-corrected chi connectivity index (χ2v) is 5.05. The third kappa shape index (κ3) is 5.35. The number of nitrogens with one attached hydrogen (secondary N) is 1. The largest absolute Gasteiger partial charge is 0.493 e. The maximum absolute atomic E-state index is 12.1. The molecule has 130 valence electrons. The predicted octanol–water partition coefficient (Wildman–Crippen LogP) is 3.67. The minimum absolute atomic E-state index is 0. The van der Waals surface area contributed by atoms with Crippen LogP contribution in [0.3, 0.4) is 0 Å². The van der Waals surface area contributed by atoms with Crippen molar-refractivity contribution in [2.45, 2.75) is 19.8 Å². The summed E-state index contributed by atoms with van der Waals surface area (Å²) >= 11 is 0. The minimum atomic E-state index is -0.0686. The predicted molar refractivity (Wildman–Crippen MR) is 99.2 cm³/mol. The fraction of sp³-hybridized carbons (Fsp3) is 0.278. The van der Waals surface area contributed by atoms with Crippen molar-refractivity contribution in [1.29, 1.82) is 0 Å². The summed E-state index contributed by atoms with van der Waals surface area (Å²) in [5.74, 6) is 1.18. The molecular formula is C18H23ClN2O3. The van der Waals surface area contributed by atoms with Crippen molar-refractivity contribution < 1.29 is 14.3 Å². The molecule has 3 N–H and O–H groups in total. The summed E-state index contributed by atoms with van der Waals surface area (Å²) in [7, 11) is 1.58. The van der Waals surface area contributed by atoms with Crippen molar-refractivity contribution in [3.05, 3.63) is 48.0 Å². The van der Waals surface area contributed by atoms with Crippen molar-refractivity contribution in [2.24, 2.45) is 0 Å². The number of anilines is 2. The van der Waals surface area contributed by atoms with Crippen molar-refractivity contribution in [2.75, 3.05) is 24.8 Å². The fourth-order valence-corrected chi connectivity index (χ4v) is 2.26. The highest BCUT2D eigenvalue weighted by molar-refractivity contribution is 5.91. The van der Waals surface area contributed by atoms with E-state index >= 15 is 0 Å². The van der Waals surface area contributed by atoms with E-state index in [-0.39, 0.29) is 18.3 Å². The van der Waals surface area contributed by atoms with Crippen LogP contribution in [-0.2, 0) is 11.2 Å². The average molecular weight is 351 g/mol. The van der Waals surface area contributed by atoms with E-state index in [0.29, 0.717) is 42.3 Å². The molecule has 0 atom stereocenters. The number of nitrogens with two attached hydrogens (primary N) is 1. The SMILES string of the molecule is CCOc1cc(NC(=O)CCc2ccccc2N)ccc1OC.Cl. The number of carbonyl (C=O) groups is 1. The van der Waals surface area contributed by atoms with Gasteiger partial charge in [-0.15, -0.1) is 12.4 Å². The Hall–Kier alpha value is -2.40. The molecule has 2 aromatic rings. The van der Waals surface area contributed by atoms with Gasteiger partial charge in [-0.25, -0.2) is 0 Å². The molecule has 2 rings (SSSR count). The highest BCUT2D eigenvalue weighted by Gasteiger charge is 2.09. The number of ether oxygens (including phenoxy) is 2. The molecule has 1 amide bonds. The topological polar surface area (TPSA) is 73.6 Å². The summed E-state index contributed by atoms with van der Waals surface area (Å²) in [6, 6.07) is 12.9. The highest BCUT2D eigenvalue weighted by atomic mass is 35.5. The third-order valence-electron chi connectivity index (χ3n) is 3.42. The van der Waals surface area contributed by atoms with Crippen LogP contribution in [0.25, 0.3) is 0 Å². The maximum Gasteiger partial charge on any atom is 0.224 e. The van der Waals surface area contributed by atoms with E-state index < -0.39 is 0 Å². The van der Waals surface area contributed by atoms with Gasteiger partial charge in [0.1, 0.15) is 0 Å². The number of rotatable bonds is 7. The summed E-state index contributed by atoms with van der Waals surface area (Å²) < 4.78 is 10.7. The molecule has 0 aliphatic rings. The van der Waals surface area contributed by atoms with E-state index in [0.717, 1.165) is 5.56 Å². The third-order valence-corrected chi connectivity index (χ3v) is 3.42. The van der Waals surface area contributed by atoms with Crippen LogP contribution in [0.4, 0.5) is 11.4 Å². The van der Waals surface area contributed by atoms with E-state index in [1.807, 2.05) is 31.2 Å². The second kappa shape index (κ2) is 9.67. The number of para-hydroxylation sites is 1. The normalized spacial score (nSPS) is 9.75. The lowest BCUT2D eigenvalue weighted by Gasteiger charge is -2.12. The Morgan fingerprint density at radius 2 is 1.92 bits per heavy atom. The molecule has 0 saturated carbocycles. The first-order valence-corrected chi connectivity index (χ1v) is 7.58. The van der Waals surface area contributed by atoms with Crippen LogP contribution in [0, 0.1) is 0 Å². The van der Waals surface area contributed by atoms with Crippen LogP contribution in [0.15, 0.2) is 42.5 Å². The average Bonchev–Trinajstić information content (AvgIpc) is 2.55. The van der Waals surface area contributed by atoms with Crippen molar-refractivity contribution in [1.82, 2.24) is 0 Å². The minimum Gasteiger partial charge on any atom is -0.493 e. The number of methoxy groups -OCH3 is 1. The highest BCUT2D eigenvalue weighted by Crippen LogP contribution is 2.30. The summed E-state index contributed by atoms with van der Waals surface area (Å²) in [5.41, 5.74) is 8.25. The van der Waals surface area contributed by atoms with Gasteiger partial charge in [-0.3, -0.25) is 4.79 Å². The summed E-state index contributed by atoms with van der Waals surface area (Å²) in [6.07, 6.45) is 0.969. The fourth-order valence-electron chi connectivity index (χ4n) is 2.26. The van der Waals surface area contributed by atoms with E-state index in [1.165, 1.54) is 0 Å². The Kier molecular flexibility index (Phi) is 7.92. The molecule has 6 heteroatoms. The molecule has 0 saturated heterocycles. The number of hydrogen-bond acceptors (Lipinski definition) is 4. The zero-order valence-electron chi connectivity index (χ0n) is 13.9. The van der Waals surface area contributed by atoms with E-state index in [2.05, 4.69) is 5.32 Å². The first-order valence-electron chi connectivity index (χ1n) is 7.58. The van der Waals surface area contributed by atoms with Crippen molar-refractivity contribution in [3.8, 4) is 11.5 Å². The first kappa shape index (κ1) is 19.6. The Morgan fingerprint density at radius 1 is 1.17 bits per heavy atom. The van der Waals surface area contributed by atoms with Gasteiger partial charge in [0.05, 0.1) is 13.7 Å². The summed E-state index contributed by atoms with van der Waals surface area (Å²) in [5, 5.41) is 2.87. The van der Waals surface area contributed by atoms with Crippen LogP contribution >= 0.6 is 12.4 Å². The van der Waals surface area contributed by atoms with Gasteiger partial charge in [-0.2, -0.15) is 0 Å². The van der Waals surface area contributed by atoms with Gasteiger partial charge in [0.2, 0.25) is 5.91 Å². The molecule has 0 heterocycles. The van der Waals surface area contributed by atoms with Gasteiger partial charge in [0.15, 0.2) is 11.5 Å². The molecule has 0 bridgehead atoms. The van der Waals surface area contributed by atoms with Crippen LogP contribution in [0.2, 0.25) is 0 Å². The van der Waals surface area contributed by atoms with E-state index in [9.17, 15) is 4.79 Å². The molecule has 0 radical (unpaired) electrons. The molecule has 0 spiro atoms. The maximum atomic E-state index is 12.1. The number of halogens is 1. The quantitative estimate of drug-likeness (QED) is 0.747. The van der Waals surface area contributed by atoms with Gasteiger partial charge < -0.3 is 20.5 Å². The van der Waals surface area contributed by atoms with Crippen LogP contribution < -0.4 is 20.5 Å². The molecular weight excluding hydrogens is 328 g/mol. The van der Waals surface area contributed by atoms with Crippen LogP contribution in [0.1, 0.15) is 18.9 Å². The number of nitrogen functional groups attached to an aromatic ring is 1. The Balaban J connectivity index is 0.00000288. The number of amides is 1. The van der Waals surface area contributed by atoms with Gasteiger partial charge in [0, 0.05) is 23.9 Å². The number of aryl methyl sites for hydroxylation is 1. The first-order chi connectivity index (χ1) is 11.1. The van der Waals surface area contributed by atoms with Crippen molar-refractivity contribution in [3.63, 3.8) is 0 Å². The monoisotopic (exact) mass is 350 g/mol. The Bertz CT molecular complexity index is 677. The van der Waals surface area contributed by atoms with Crippen LogP contribution in [0.5, 0.6) is 11.5 Å². The zero-order chi connectivity index (χ0) is 16.7. The molecule has 0 aliphatic heterocycles. The lowest BCUT2D eigenvalue weighted by molar-refractivity contribution is -0.116. The van der Waals surface area contributed by atoms with Gasteiger partial charge in [-0.1, -0.05) is 18.2 Å². The Morgan fingerprint density at radius 3 is 2.58 bits per heavy atom. The number of benzene rings is 2. The molecule has 5 nitrogen and oxygen atoms in total. The standard InChI is InChI=1S/C18H22N2O3.ClH/c1-3-23-17-12-14(9-10-16(17)22-2)20-18(21)11-8-13-6-4-5-7-15(13)19;/h4-7,9-10,12H,3,8,11,19H2,1-2H3,(H,20,21);1H. The summed E-state index contributed by atoms with van der Waals surface area (Å²) in [4.78, 5) is 12.1. The zero-order valence-corrected chi connectivity index (χ0v) is 14.7. The lowest BCUT2D eigenvalue weighted by atomic mass is 10.1. The van der Waals surface area contributed by atoms with E-state index in [4.69, 9.17) is 15.2 Å². The van der Waals surface area contributed by atoms with Gasteiger partial charge in [0.25, 0.3) is 0 Å². The van der Waals surface area contributed by atoms with Gasteiger partial charge >= 0.3 is 0 Å². The number of carbonyl (C=O) groups excluding carboxylic acids is 1. The molecule has 24 heavy (non-hydrogen) atoms. The van der Waals surface area contributed by atoms with Crippen LogP contribution in [-0.4, -0.2) is 19.6 Å². The molecule has 0 unspecified atom stereocenters. The Labute approximate surface area is 148 Å². The molecule has 2 aromatic carbocycles. The second-order valence-electron chi connectivity index (χ2n) is 5.05. The van der Waals surface area contributed by atoms with Gasteiger partial charge in [-0.05, 0) is 37.1 Å². The number of hydrogen-bond donors (Lipinski definition) is 2. The summed E-state index contributed by atoms with van der Waals surface area (Å²) in [6.45, 7) is 2.43.